The molecule has 5 heteroatoms. The van der Waals surface area contributed by atoms with Crippen LogP contribution in [0.5, 0.6) is 0 Å². The summed E-state index contributed by atoms with van der Waals surface area (Å²) in [6.45, 7) is 3.35. The lowest BCUT2D eigenvalue weighted by atomic mass is 10.1. The van der Waals surface area contributed by atoms with Crippen LogP contribution in [0.4, 0.5) is 0 Å². The maximum Gasteiger partial charge on any atom is 0.239 e. The molecule has 0 aromatic heterocycles. The SMILES string of the molecule is COCC(N)C(=O)NCC1CCN(C2CC2)C1. The van der Waals surface area contributed by atoms with Gasteiger partial charge in [0, 0.05) is 26.2 Å². The predicted octanol–water partition coefficient (Wildman–Crippen LogP) is -0.439. The quantitative estimate of drug-likeness (QED) is 0.661. The van der Waals surface area contributed by atoms with E-state index < -0.39 is 6.04 Å². The minimum Gasteiger partial charge on any atom is -0.383 e. The summed E-state index contributed by atoms with van der Waals surface area (Å²) in [5, 5.41) is 2.92. The monoisotopic (exact) mass is 241 g/mol. The van der Waals surface area contributed by atoms with Crippen molar-refractivity contribution in [3.63, 3.8) is 0 Å². The first-order valence-corrected chi connectivity index (χ1v) is 6.47. The molecule has 0 bridgehead atoms. The number of ether oxygens (including phenoxy) is 1. The Labute approximate surface area is 103 Å². The molecule has 2 aliphatic rings. The van der Waals surface area contributed by atoms with E-state index in [9.17, 15) is 4.79 Å². The van der Waals surface area contributed by atoms with Gasteiger partial charge < -0.3 is 20.7 Å². The van der Waals surface area contributed by atoms with E-state index in [0.29, 0.717) is 5.92 Å². The number of nitrogens with two attached hydrogens (primary N) is 1. The molecular formula is C12H23N3O2. The van der Waals surface area contributed by atoms with Crippen LogP contribution in [0.25, 0.3) is 0 Å². The highest BCUT2D eigenvalue weighted by molar-refractivity contribution is 5.81. The molecule has 1 amide bonds. The average Bonchev–Trinajstić information content (AvgIpc) is 3.06. The van der Waals surface area contributed by atoms with Gasteiger partial charge in [-0.05, 0) is 31.7 Å². The van der Waals surface area contributed by atoms with Crippen molar-refractivity contribution in [1.29, 1.82) is 0 Å². The standard InChI is InChI=1S/C12H23N3O2/c1-17-8-11(13)12(16)14-6-9-4-5-15(7-9)10-2-3-10/h9-11H,2-8,13H2,1H3,(H,14,16). The molecule has 1 aliphatic heterocycles. The van der Waals surface area contributed by atoms with Crippen molar-refractivity contribution in [3.8, 4) is 0 Å². The molecule has 1 saturated heterocycles. The highest BCUT2D eigenvalue weighted by atomic mass is 16.5. The van der Waals surface area contributed by atoms with Gasteiger partial charge in [-0.2, -0.15) is 0 Å². The Morgan fingerprint density at radius 2 is 2.29 bits per heavy atom. The van der Waals surface area contributed by atoms with Crippen molar-refractivity contribution >= 4 is 5.91 Å². The molecule has 0 spiro atoms. The van der Waals surface area contributed by atoms with Crippen molar-refractivity contribution in [2.45, 2.75) is 31.3 Å². The average molecular weight is 241 g/mol. The topological polar surface area (TPSA) is 67.6 Å². The van der Waals surface area contributed by atoms with Gasteiger partial charge in [-0.15, -0.1) is 0 Å². The highest BCUT2D eigenvalue weighted by Crippen LogP contribution is 2.31. The molecule has 98 valence electrons. The number of methoxy groups -OCH3 is 1. The van der Waals surface area contributed by atoms with Gasteiger partial charge >= 0.3 is 0 Å². The summed E-state index contributed by atoms with van der Waals surface area (Å²) in [7, 11) is 1.55. The van der Waals surface area contributed by atoms with Crippen LogP contribution in [0.2, 0.25) is 0 Å². The molecule has 0 aromatic rings. The zero-order chi connectivity index (χ0) is 12.3. The summed E-state index contributed by atoms with van der Waals surface area (Å²) in [5.41, 5.74) is 5.65. The summed E-state index contributed by atoms with van der Waals surface area (Å²) in [4.78, 5) is 14.1. The molecule has 2 fully saturated rings. The summed E-state index contributed by atoms with van der Waals surface area (Å²) < 4.78 is 4.86. The molecule has 0 radical (unpaired) electrons. The fourth-order valence-electron chi connectivity index (χ4n) is 2.43. The van der Waals surface area contributed by atoms with Gasteiger partial charge in [-0.25, -0.2) is 0 Å². The third-order valence-corrected chi connectivity index (χ3v) is 3.63. The van der Waals surface area contributed by atoms with Gasteiger partial charge in [-0.1, -0.05) is 0 Å². The lowest BCUT2D eigenvalue weighted by molar-refractivity contribution is -0.123. The zero-order valence-electron chi connectivity index (χ0n) is 10.5. The summed E-state index contributed by atoms with van der Waals surface area (Å²) in [6.07, 6.45) is 3.91. The summed E-state index contributed by atoms with van der Waals surface area (Å²) in [5.74, 6) is 0.492. The van der Waals surface area contributed by atoms with Gasteiger partial charge in [0.1, 0.15) is 6.04 Å². The molecule has 1 saturated carbocycles. The van der Waals surface area contributed by atoms with Gasteiger partial charge in [-0.3, -0.25) is 4.79 Å². The molecule has 0 aromatic carbocycles. The Hall–Kier alpha value is -0.650. The van der Waals surface area contributed by atoms with E-state index in [1.54, 1.807) is 7.11 Å². The predicted molar refractivity (Wildman–Crippen MR) is 65.6 cm³/mol. The van der Waals surface area contributed by atoms with Crippen molar-refractivity contribution in [3.05, 3.63) is 0 Å². The van der Waals surface area contributed by atoms with Crippen LogP contribution >= 0.6 is 0 Å². The first-order valence-electron chi connectivity index (χ1n) is 6.47. The fraction of sp³-hybridized carbons (Fsp3) is 0.917. The second-order valence-corrected chi connectivity index (χ2v) is 5.19. The van der Waals surface area contributed by atoms with Crippen LogP contribution in [-0.2, 0) is 9.53 Å². The number of likely N-dealkylation sites (tertiary alicyclic amines) is 1. The molecule has 1 heterocycles. The smallest absolute Gasteiger partial charge is 0.239 e. The van der Waals surface area contributed by atoms with Gasteiger partial charge in [0.2, 0.25) is 5.91 Å². The summed E-state index contributed by atoms with van der Waals surface area (Å²) in [6, 6.07) is 0.299. The van der Waals surface area contributed by atoms with E-state index in [1.165, 1.54) is 25.8 Å². The fourth-order valence-corrected chi connectivity index (χ4v) is 2.43. The second-order valence-electron chi connectivity index (χ2n) is 5.19. The maximum atomic E-state index is 11.6. The second kappa shape index (κ2) is 5.80. The third-order valence-electron chi connectivity index (χ3n) is 3.63. The van der Waals surface area contributed by atoms with E-state index >= 15 is 0 Å². The van der Waals surface area contributed by atoms with E-state index in [2.05, 4.69) is 10.2 Å². The Balaban J connectivity index is 1.63. The van der Waals surface area contributed by atoms with Crippen molar-refractivity contribution in [2.75, 3.05) is 33.4 Å². The maximum absolute atomic E-state index is 11.6. The first-order chi connectivity index (χ1) is 8.20. The van der Waals surface area contributed by atoms with Crippen LogP contribution in [0, 0.1) is 5.92 Å². The Kier molecular flexibility index (Phi) is 4.36. The molecule has 2 rings (SSSR count). The van der Waals surface area contributed by atoms with Gasteiger partial charge in [0.25, 0.3) is 0 Å². The summed E-state index contributed by atoms with van der Waals surface area (Å²) >= 11 is 0. The number of carbonyl (C=O) groups is 1. The van der Waals surface area contributed by atoms with Crippen LogP contribution in [0.3, 0.4) is 0 Å². The van der Waals surface area contributed by atoms with Crippen molar-refractivity contribution in [1.82, 2.24) is 10.2 Å². The third kappa shape index (κ3) is 3.66. The lowest BCUT2D eigenvalue weighted by Gasteiger charge is -2.16. The molecule has 3 N–H and O–H groups in total. The van der Waals surface area contributed by atoms with Crippen molar-refractivity contribution in [2.24, 2.45) is 11.7 Å². The Bertz CT molecular complexity index is 268. The van der Waals surface area contributed by atoms with E-state index in [4.69, 9.17) is 10.5 Å². The number of rotatable bonds is 6. The van der Waals surface area contributed by atoms with Gasteiger partial charge in [0.15, 0.2) is 0 Å². The van der Waals surface area contributed by atoms with Gasteiger partial charge in [0.05, 0.1) is 6.61 Å². The highest BCUT2D eigenvalue weighted by Gasteiger charge is 2.34. The normalized spacial score (nSPS) is 27.1. The number of carbonyl (C=O) groups excluding carboxylic acids is 1. The van der Waals surface area contributed by atoms with E-state index in [-0.39, 0.29) is 12.5 Å². The first kappa shape index (κ1) is 12.8. The van der Waals surface area contributed by atoms with E-state index in [1.807, 2.05) is 0 Å². The van der Waals surface area contributed by atoms with Crippen LogP contribution in [0.15, 0.2) is 0 Å². The van der Waals surface area contributed by atoms with Crippen molar-refractivity contribution < 1.29 is 9.53 Å². The largest absolute Gasteiger partial charge is 0.383 e. The molecule has 5 nitrogen and oxygen atoms in total. The minimum atomic E-state index is -0.541. The molecule has 17 heavy (non-hydrogen) atoms. The zero-order valence-corrected chi connectivity index (χ0v) is 10.5. The number of hydrogen-bond acceptors (Lipinski definition) is 4. The number of nitrogens with zero attached hydrogens (tertiary/aromatic N) is 1. The minimum absolute atomic E-state index is 0.100. The number of hydrogen-bond donors (Lipinski definition) is 2. The number of amides is 1. The molecule has 2 atom stereocenters. The van der Waals surface area contributed by atoms with Crippen LogP contribution in [-0.4, -0.2) is 56.2 Å². The molecular weight excluding hydrogens is 218 g/mol. The van der Waals surface area contributed by atoms with E-state index in [0.717, 1.165) is 19.1 Å². The van der Waals surface area contributed by atoms with Crippen LogP contribution < -0.4 is 11.1 Å². The molecule has 2 unspecified atom stereocenters. The Morgan fingerprint density at radius 1 is 1.53 bits per heavy atom. The number of nitrogens with one attached hydrogen (secondary N) is 1. The Morgan fingerprint density at radius 3 is 2.94 bits per heavy atom. The lowest BCUT2D eigenvalue weighted by Crippen LogP contribution is -2.45. The molecule has 1 aliphatic carbocycles. The van der Waals surface area contributed by atoms with Crippen LogP contribution in [0.1, 0.15) is 19.3 Å².